The third kappa shape index (κ3) is 5.32. The van der Waals surface area contributed by atoms with E-state index in [9.17, 15) is 0 Å². The molecular formula is C10H11FeP-6. The van der Waals surface area contributed by atoms with Crippen molar-refractivity contribution in [1.29, 1.82) is 0 Å². The van der Waals surface area contributed by atoms with E-state index in [-0.39, 0.29) is 17.1 Å². The summed E-state index contributed by atoms with van der Waals surface area (Å²) < 4.78 is 0. The fourth-order valence-electron chi connectivity index (χ4n) is 0.710. The summed E-state index contributed by atoms with van der Waals surface area (Å²) in [5.74, 6) is 0. The molecule has 2 rings (SSSR count). The van der Waals surface area contributed by atoms with Gasteiger partial charge in [0.15, 0.2) is 0 Å². The van der Waals surface area contributed by atoms with Gasteiger partial charge in [0.1, 0.15) is 0 Å². The van der Waals surface area contributed by atoms with E-state index in [4.69, 9.17) is 0 Å². The van der Waals surface area contributed by atoms with Crippen molar-refractivity contribution in [3.63, 3.8) is 0 Å². The van der Waals surface area contributed by atoms with Crippen LogP contribution in [0.4, 0.5) is 0 Å². The quantitative estimate of drug-likeness (QED) is 0.361. The van der Waals surface area contributed by atoms with Crippen molar-refractivity contribution < 1.29 is 17.1 Å². The van der Waals surface area contributed by atoms with Crippen molar-refractivity contribution in [3.8, 4) is 0 Å². The van der Waals surface area contributed by atoms with Gasteiger partial charge in [-0.15, -0.1) is 5.30 Å². The summed E-state index contributed by atoms with van der Waals surface area (Å²) in [7, 11) is 2.62. The van der Waals surface area contributed by atoms with E-state index in [1.807, 2.05) is 54.6 Å². The van der Waals surface area contributed by atoms with Crippen molar-refractivity contribution in [1.82, 2.24) is 0 Å². The molecular weight excluding hydrogens is 207 g/mol. The van der Waals surface area contributed by atoms with Crippen molar-refractivity contribution in [2.24, 2.45) is 0 Å². The van der Waals surface area contributed by atoms with E-state index < -0.39 is 0 Å². The second-order valence-corrected chi connectivity index (χ2v) is 2.85. The Bertz CT molecular complexity index is 228. The first-order valence-electron chi connectivity index (χ1n) is 3.53. The van der Waals surface area contributed by atoms with E-state index >= 15 is 0 Å². The predicted molar refractivity (Wildman–Crippen MR) is 53.4 cm³/mol. The van der Waals surface area contributed by atoms with Crippen LogP contribution in [-0.2, 0) is 17.1 Å². The molecule has 12 heavy (non-hydrogen) atoms. The monoisotopic (exact) mass is 218 g/mol. The topological polar surface area (TPSA) is 0 Å². The molecule has 0 aliphatic heterocycles. The number of hydrogen-bond acceptors (Lipinski definition) is 0. The third-order valence-electron chi connectivity index (χ3n) is 1.24. The molecule has 2 heteroatoms. The van der Waals surface area contributed by atoms with Crippen LogP contribution in [-0.4, -0.2) is 0 Å². The molecule has 0 fully saturated rings. The fraction of sp³-hybridized carbons (Fsp3) is 0. The van der Waals surface area contributed by atoms with Crippen LogP contribution in [0, 0.1) is 0 Å². The number of rotatable bonds is 0. The normalized spacial score (nSPS) is 7.75. The van der Waals surface area contributed by atoms with Crippen LogP contribution in [0.25, 0.3) is 0 Å². The zero-order valence-electron chi connectivity index (χ0n) is 6.63. The van der Waals surface area contributed by atoms with E-state index in [0.717, 1.165) is 0 Å². The smallest absolute Gasteiger partial charge is 0 e. The average Bonchev–Trinajstić information content (AvgIpc) is 2.57. The van der Waals surface area contributed by atoms with E-state index in [2.05, 4.69) is 9.24 Å². The molecule has 0 aliphatic rings. The van der Waals surface area contributed by atoms with Crippen molar-refractivity contribution in [2.75, 3.05) is 0 Å². The molecule has 0 heterocycles. The maximum Gasteiger partial charge on any atom is 0 e. The van der Waals surface area contributed by atoms with Gasteiger partial charge in [0, 0.05) is 17.1 Å². The Hall–Kier alpha value is -0.351. The second-order valence-electron chi connectivity index (χ2n) is 2.18. The maximum absolute atomic E-state index is 2.62. The third-order valence-corrected chi connectivity index (χ3v) is 1.63. The number of hydrogen-bond donors (Lipinski definition) is 0. The molecule has 0 aromatic heterocycles. The molecule has 0 bridgehead atoms. The fourth-order valence-corrected chi connectivity index (χ4v) is 0.932. The van der Waals surface area contributed by atoms with Gasteiger partial charge >= 0.3 is 0 Å². The molecule has 0 aliphatic carbocycles. The Labute approximate surface area is 86.4 Å². The van der Waals surface area contributed by atoms with Crippen molar-refractivity contribution in [2.45, 2.75) is 0 Å². The summed E-state index contributed by atoms with van der Waals surface area (Å²) in [5, 5.41) is 1.26. The summed E-state index contributed by atoms with van der Waals surface area (Å²) in [4.78, 5) is 0. The molecule has 0 amide bonds. The maximum atomic E-state index is 2.62. The molecule has 0 radical (unpaired) electrons. The minimum Gasteiger partial charge on any atom is -0.748 e. The van der Waals surface area contributed by atoms with Gasteiger partial charge in [-0.1, -0.05) is 0 Å². The SMILES string of the molecule is P[c-]1cccc1.[Fe].[cH-]1[cH-][cH-][cH-][cH-]1. The van der Waals surface area contributed by atoms with Crippen LogP contribution in [0.1, 0.15) is 0 Å². The van der Waals surface area contributed by atoms with Gasteiger partial charge in [-0.25, -0.2) is 12.1 Å². The Balaban J connectivity index is 0.000000189. The minimum atomic E-state index is 0. The van der Waals surface area contributed by atoms with Crippen molar-refractivity contribution >= 4 is 14.5 Å². The summed E-state index contributed by atoms with van der Waals surface area (Å²) in [5.41, 5.74) is 0. The van der Waals surface area contributed by atoms with Gasteiger partial charge in [-0.05, 0) is 0 Å². The van der Waals surface area contributed by atoms with Gasteiger partial charge in [0.25, 0.3) is 0 Å². The summed E-state index contributed by atoms with van der Waals surface area (Å²) in [6.45, 7) is 0. The van der Waals surface area contributed by atoms with E-state index in [0.29, 0.717) is 0 Å². The summed E-state index contributed by atoms with van der Waals surface area (Å²) >= 11 is 0. The summed E-state index contributed by atoms with van der Waals surface area (Å²) in [6, 6.07) is 18.1. The van der Waals surface area contributed by atoms with Gasteiger partial charge < -0.3 is 30.3 Å². The van der Waals surface area contributed by atoms with Gasteiger partial charge in [-0.3, -0.25) is 0 Å². The van der Waals surface area contributed by atoms with Crippen LogP contribution >= 0.6 is 9.24 Å². The first-order valence-corrected chi connectivity index (χ1v) is 4.11. The molecule has 0 N–H and O–H groups in total. The largest absolute Gasteiger partial charge is 0.748 e. The Morgan fingerprint density at radius 2 is 1.17 bits per heavy atom. The summed E-state index contributed by atoms with van der Waals surface area (Å²) in [6.07, 6.45) is 0. The van der Waals surface area contributed by atoms with E-state index in [1.54, 1.807) is 0 Å². The second kappa shape index (κ2) is 7.31. The Morgan fingerprint density at radius 3 is 1.33 bits per heavy atom. The average molecular weight is 218 g/mol. The van der Waals surface area contributed by atoms with Crippen molar-refractivity contribution in [3.05, 3.63) is 54.6 Å². The van der Waals surface area contributed by atoms with Crippen LogP contribution < -0.4 is 5.30 Å². The molecule has 0 spiro atoms. The predicted octanol–water partition coefficient (Wildman–Crippen LogP) is 2.31. The van der Waals surface area contributed by atoms with Crippen LogP contribution in [0.15, 0.2) is 54.6 Å². The van der Waals surface area contributed by atoms with Crippen LogP contribution in [0.3, 0.4) is 0 Å². The Morgan fingerprint density at radius 1 is 0.833 bits per heavy atom. The Kier molecular flexibility index (Phi) is 7.09. The zero-order chi connectivity index (χ0) is 7.94. The molecule has 0 nitrogen and oxygen atoms in total. The first-order chi connectivity index (χ1) is 5.39. The molecule has 1 unspecified atom stereocenters. The van der Waals surface area contributed by atoms with Gasteiger partial charge in [-0.2, -0.15) is 21.4 Å². The molecule has 2 aromatic carbocycles. The van der Waals surface area contributed by atoms with Crippen LogP contribution in [0.5, 0.6) is 0 Å². The standard InChI is InChI=1S/C5H6P.C5H5.Fe/c6-5-3-1-2-4-5;1-2-4-5-3-1;/h1-4H,6H2;1-5H;/q-1;-5;. The van der Waals surface area contributed by atoms with E-state index in [1.165, 1.54) is 5.30 Å². The molecule has 0 saturated carbocycles. The van der Waals surface area contributed by atoms with Gasteiger partial charge in [0.05, 0.1) is 0 Å². The molecule has 1 atom stereocenters. The molecule has 2 aromatic rings. The first kappa shape index (κ1) is 11.6. The molecule has 0 saturated heterocycles. The molecule has 70 valence electrons. The van der Waals surface area contributed by atoms with Crippen LogP contribution in [0.2, 0.25) is 0 Å². The zero-order valence-corrected chi connectivity index (χ0v) is 8.89. The van der Waals surface area contributed by atoms with Gasteiger partial charge in [0.2, 0.25) is 0 Å². The minimum absolute atomic E-state index is 0.